The van der Waals surface area contributed by atoms with Gasteiger partial charge in [-0.2, -0.15) is 0 Å². The monoisotopic (exact) mass is 445 g/mol. The number of carbonyl (C=O) groups excluding carboxylic acids is 3. The van der Waals surface area contributed by atoms with E-state index in [4.69, 9.17) is 10.5 Å². The first-order valence-electron chi connectivity index (χ1n) is 9.82. The average molecular weight is 445 g/mol. The van der Waals surface area contributed by atoms with Crippen LogP contribution in [0.25, 0.3) is 0 Å². The van der Waals surface area contributed by atoms with E-state index in [0.717, 1.165) is 0 Å². The molecule has 0 bridgehead atoms. The lowest BCUT2D eigenvalue weighted by atomic mass is 10.1. The van der Waals surface area contributed by atoms with Crippen LogP contribution in [0.4, 0.5) is 4.79 Å². The van der Waals surface area contributed by atoms with Crippen LogP contribution >= 0.6 is 0 Å². The second-order valence-corrected chi connectivity index (χ2v) is 7.99. The van der Waals surface area contributed by atoms with Crippen LogP contribution in [0.2, 0.25) is 0 Å². The average Bonchev–Trinajstić information content (AvgIpc) is 2.95. The molecule has 14 nitrogen and oxygen atoms in total. The van der Waals surface area contributed by atoms with E-state index < -0.39 is 34.7 Å². The van der Waals surface area contributed by atoms with Crippen molar-refractivity contribution in [2.75, 3.05) is 26.2 Å². The van der Waals surface area contributed by atoms with E-state index in [9.17, 15) is 29.6 Å². The van der Waals surface area contributed by atoms with Crippen LogP contribution < -0.4 is 21.7 Å². The molecule has 0 aromatic carbocycles. The Morgan fingerprint density at radius 1 is 1.45 bits per heavy atom. The van der Waals surface area contributed by atoms with Gasteiger partial charge in [0.25, 0.3) is 5.96 Å². The molecule has 0 radical (unpaired) electrons. The fourth-order valence-electron chi connectivity index (χ4n) is 2.82. The van der Waals surface area contributed by atoms with Crippen molar-refractivity contribution >= 4 is 23.9 Å². The maximum Gasteiger partial charge on any atom is 0.408 e. The molecule has 0 aromatic rings. The molecule has 0 aliphatic carbocycles. The third-order valence-corrected chi connectivity index (χ3v) is 4.13. The van der Waals surface area contributed by atoms with Gasteiger partial charge < -0.3 is 36.4 Å². The molecule has 6 N–H and O–H groups in total. The van der Waals surface area contributed by atoms with E-state index in [-0.39, 0.29) is 31.6 Å². The van der Waals surface area contributed by atoms with Gasteiger partial charge in [-0.15, -0.1) is 0 Å². The first-order chi connectivity index (χ1) is 14.4. The number of rotatable bonds is 10. The molecule has 0 unspecified atom stereocenters. The number of hydrazone groups is 1. The number of carbonyl (C=O) groups is 3. The molecular formula is C17H31N7O7. The highest BCUT2D eigenvalue weighted by molar-refractivity contribution is 5.91. The zero-order chi connectivity index (χ0) is 23.6. The van der Waals surface area contributed by atoms with Crippen LogP contribution in [0.1, 0.15) is 40.0 Å². The van der Waals surface area contributed by atoms with Crippen molar-refractivity contribution in [2.24, 2.45) is 10.8 Å². The molecule has 1 heterocycles. The summed E-state index contributed by atoms with van der Waals surface area (Å²) in [7, 11) is 0. The molecule has 31 heavy (non-hydrogen) atoms. The van der Waals surface area contributed by atoms with Crippen molar-refractivity contribution in [3.8, 4) is 0 Å². The van der Waals surface area contributed by atoms with Gasteiger partial charge in [-0.1, -0.05) is 0 Å². The largest absolute Gasteiger partial charge is 0.444 e. The number of guanidine groups is 1. The second kappa shape index (κ2) is 11.9. The predicted octanol–water partition coefficient (Wildman–Crippen LogP) is -1.53. The Morgan fingerprint density at radius 3 is 2.71 bits per heavy atom. The van der Waals surface area contributed by atoms with Crippen molar-refractivity contribution < 1.29 is 29.3 Å². The summed E-state index contributed by atoms with van der Waals surface area (Å²) in [5, 5.41) is 29.2. The number of nitrogens with two attached hydrogens (primary N) is 1. The highest BCUT2D eigenvalue weighted by Crippen LogP contribution is 2.13. The third kappa shape index (κ3) is 10.4. The van der Waals surface area contributed by atoms with Crippen molar-refractivity contribution in [1.29, 1.82) is 0 Å². The molecule has 1 rings (SSSR count). The van der Waals surface area contributed by atoms with E-state index >= 15 is 0 Å². The maximum absolute atomic E-state index is 12.4. The standard InChI is InChI=1S/C17H31N7O7/c1-17(2,3)31-16(28)21-12-6-8-23(14(12)27)9-13(26)20-11(10-25)5-4-7-19-15(18)22-24(29)30/h11-12,25H,4-10H2,1-3H3,(H,20,26)(H,21,28)(H3,18,19,22)/t11-,12-/m0/s1. The van der Waals surface area contributed by atoms with Crippen LogP contribution in [0.15, 0.2) is 5.10 Å². The third-order valence-electron chi connectivity index (χ3n) is 4.13. The lowest BCUT2D eigenvalue weighted by molar-refractivity contribution is -0.485. The number of aliphatic hydroxyl groups is 1. The van der Waals surface area contributed by atoms with Gasteiger partial charge in [0.05, 0.1) is 19.2 Å². The van der Waals surface area contributed by atoms with Crippen molar-refractivity contribution in [1.82, 2.24) is 20.9 Å². The highest BCUT2D eigenvalue weighted by atomic mass is 16.7. The maximum atomic E-state index is 12.4. The summed E-state index contributed by atoms with van der Waals surface area (Å²) in [6.07, 6.45) is 0.477. The SMILES string of the molecule is CC(C)(C)OC(=O)N[C@H]1CCN(CC(=O)N[C@H](CO)CCCN/C(N)=N/[N+](=O)[O-])C1=O. The van der Waals surface area contributed by atoms with Crippen molar-refractivity contribution in [3.63, 3.8) is 0 Å². The Bertz CT molecular complexity index is 693. The number of amides is 3. The minimum absolute atomic E-state index is 0.206. The second-order valence-electron chi connectivity index (χ2n) is 7.99. The summed E-state index contributed by atoms with van der Waals surface area (Å²) in [6, 6.07) is -1.31. The Kier molecular flexibility index (Phi) is 9.92. The van der Waals surface area contributed by atoms with Crippen LogP contribution in [0, 0.1) is 10.1 Å². The van der Waals surface area contributed by atoms with Gasteiger partial charge in [-0.05, 0) is 40.0 Å². The van der Waals surface area contributed by atoms with Gasteiger partial charge in [-0.3, -0.25) is 9.59 Å². The van der Waals surface area contributed by atoms with Gasteiger partial charge >= 0.3 is 6.09 Å². The van der Waals surface area contributed by atoms with E-state index in [1.165, 1.54) is 4.90 Å². The molecule has 1 fully saturated rings. The quantitative estimate of drug-likeness (QED) is 0.0868. The van der Waals surface area contributed by atoms with Gasteiger partial charge in [0.2, 0.25) is 11.8 Å². The zero-order valence-electron chi connectivity index (χ0n) is 17.9. The lowest BCUT2D eigenvalue weighted by Gasteiger charge is -2.22. The number of nitrogens with one attached hydrogen (secondary N) is 3. The first kappa shape index (κ1) is 25.9. The summed E-state index contributed by atoms with van der Waals surface area (Å²) in [5.74, 6) is -1.17. The van der Waals surface area contributed by atoms with Gasteiger partial charge in [-0.25, -0.2) is 14.9 Å². The molecule has 1 saturated heterocycles. The molecule has 0 aromatic heterocycles. The summed E-state index contributed by atoms with van der Waals surface area (Å²) in [4.78, 5) is 48.0. The Morgan fingerprint density at radius 2 is 2.13 bits per heavy atom. The van der Waals surface area contributed by atoms with Gasteiger partial charge in [0, 0.05) is 13.1 Å². The fraction of sp³-hybridized carbons (Fsp3) is 0.765. The molecule has 14 heteroatoms. The molecule has 1 aliphatic heterocycles. The first-order valence-corrected chi connectivity index (χ1v) is 9.82. The molecule has 176 valence electrons. The van der Waals surface area contributed by atoms with Gasteiger partial charge in [0.1, 0.15) is 16.7 Å². The summed E-state index contributed by atoms with van der Waals surface area (Å²) in [5.41, 5.74) is 4.60. The normalized spacial score (nSPS) is 17.8. The summed E-state index contributed by atoms with van der Waals surface area (Å²) in [6.45, 7) is 5.17. The molecular weight excluding hydrogens is 414 g/mol. The number of hydrogen-bond donors (Lipinski definition) is 5. The van der Waals surface area contributed by atoms with E-state index in [2.05, 4.69) is 21.1 Å². The van der Waals surface area contributed by atoms with E-state index in [1.807, 2.05) is 0 Å². The summed E-state index contributed by atoms with van der Waals surface area (Å²) < 4.78 is 5.13. The topological polar surface area (TPSA) is 202 Å². The van der Waals surface area contributed by atoms with Crippen LogP contribution in [-0.4, -0.2) is 82.8 Å². The molecule has 2 atom stereocenters. The van der Waals surface area contributed by atoms with Crippen LogP contribution in [0.3, 0.4) is 0 Å². The molecule has 1 aliphatic rings. The van der Waals surface area contributed by atoms with Crippen LogP contribution in [-0.2, 0) is 14.3 Å². The van der Waals surface area contributed by atoms with Gasteiger partial charge in [0.15, 0.2) is 5.03 Å². The Hall–Kier alpha value is -3.16. The number of nitro groups is 1. The van der Waals surface area contributed by atoms with Crippen molar-refractivity contribution in [2.45, 2.75) is 57.7 Å². The van der Waals surface area contributed by atoms with Crippen molar-refractivity contribution in [3.05, 3.63) is 10.1 Å². The van der Waals surface area contributed by atoms with E-state index in [0.29, 0.717) is 25.8 Å². The smallest absolute Gasteiger partial charge is 0.408 e. The number of ether oxygens (including phenoxy) is 1. The number of likely N-dealkylation sites (tertiary alicyclic amines) is 1. The zero-order valence-corrected chi connectivity index (χ0v) is 17.9. The minimum atomic E-state index is -0.924. The minimum Gasteiger partial charge on any atom is -0.444 e. The predicted molar refractivity (Wildman–Crippen MR) is 109 cm³/mol. The Balaban J connectivity index is 2.39. The Labute approximate surface area is 179 Å². The molecule has 0 saturated carbocycles. The summed E-state index contributed by atoms with van der Waals surface area (Å²) >= 11 is 0. The lowest BCUT2D eigenvalue weighted by Crippen LogP contribution is -2.47. The molecule has 0 spiro atoms. The number of aliphatic hydroxyl groups excluding tert-OH is 1. The number of alkyl carbamates (subject to hydrolysis) is 1. The number of nitrogens with zero attached hydrogens (tertiary/aromatic N) is 3. The number of hydrogen-bond acceptors (Lipinski definition) is 7. The highest BCUT2D eigenvalue weighted by Gasteiger charge is 2.34. The fourth-order valence-corrected chi connectivity index (χ4v) is 2.82. The van der Waals surface area contributed by atoms with E-state index in [1.54, 1.807) is 20.8 Å². The molecule has 3 amide bonds. The van der Waals surface area contributed by atoms with Crippen LogP contribution in [0.5, 0.6) is 0 Å².